The van der Waals surface area contributed by atoms with Crippen molar-refractivity contribution in [3.05, 3.63) is 66.4 Å². The molecule has 0 amide bonds. The van der Waals surface area contributed by atoms with Crippen LogP contribution in [0.5, 0.6) is 0 Å². The number of hydrogen-bond acceptors (Lipinski definition) is 3. The molecule has 1 unspecified atom stereocenters. The number of hydrogen-bond donors (Lipinski definition) is 1. The maximum absolute atomic E-state index is 4.53. The molecule has 1 aliphatic rings. The molecule has 4 rings (SSSR count). The molecule has 2 aromatic carbocycles. The Labute approximate surface area is 128 Å². The predicted molar refractivity (Wildman–Crippen MR) is 89.9 cm³/mol. The van der Waals surface area contributed by atoms with Gasteiger partial charge in [0, 0.05) is 22.2 Å². The van der Waals surface area contributed by atoms with E-state index in [9.17, 15) is 0 Å². The van der Waals surface area contributed by atoms with Crippen molar-refractivity contribution in [3.63, 3.8) is 0 Å². The second kappa shape index (κ2) is 5.41. The summed E-state index contributed by atoms with van der Waals surface area (Å²) < 4.78 is 0. The first-order valence-electron chi connectivity index (χ1n) is 7.24. The molecule has 1 N–H and O–H groups in total. The van der Waals surface area contributed by atoms with Crippen LogP contribution in [-0.4, -0.2) is 10.7 Å². The van der Waals surface area contributed by atoms with Crippen LogP contribution >= 0.6 is 11.8 Å². The molecule has 2 heterocycles. The van der Waals surface area contributed by atoms with Crippen molar-refractivity contribution in [1.82, 2.24) is 4.98 Å². The summed E-state index contributed by atoms with van der Waals surface area (Å²) in [4.78, 5) is 5.93. The molecule has 0 fully saturated rings. The number of thioether (sulfide) groups is 1. The number of nitrogens with one attached hydrogen (secondary N) is 1. The molecule has 1 atom stereocenters. The van der Waals surface area contributed by atoms with E-state index < -0.39 is 0 Å². The molecule has 0 radical (unpaired) electrons. The lowest BCUT2D eigenvalue weighted by Gasteiger charge is -2.27. The molecular weight excluding hydrogens is 276 g/mol. The van der Waals surface area contributed by atoms with Crippen LogP contribution in [0.1, 0.15) is 18.0 Å². The first-order valence-corrected chi connectivity index (χ1v) is 8.22. The number of nitrogens with zero attached hydrogens (tertiary/aromatic N) is 1. The maximum Gasteiger partial charge on any atom is 0.0933 e. The van der Waals surface area contributed by atoms with Gasteiger partial charge in [0.15, 0.2) is 0 Å². The first kappa shape index (κ1) is 12.7. The van der Waals surface area contributed by atoms with Crippen LogP contribution < -0.4 is 5.32 Å². The summed E-state index contributed by atoms with van der Waals surface area (Å²) in [5, 5.41) is 4.89. The Hall–Kier alpha value is -2.00. The fourth-order valence-electron chi connectivity index (χ4n) is 2.90. The Balaban J connectivity index is 1.73. The van der Waals surface area contributed by atoms with Crippen molar-refractivity contribution >= 4 is 28.4 Å². The number of anilines is 1. The average molecular weight is 292 g/mol. The van der Waals surface area contributed by atoms with Gasteiger partial charge in [-0.15, -0.1) is 11.8 Å². The summed E-state index contributed by atoms with van der Waals surface area (Å²) in [5.41, 5.74) is 3.58. The molecule has 1 aliphatic heterocycles. The smallest absolute Gasteiger partial charge is 0.0933 e. The minimum Gasteiger partial charge on any atom is -0.376 e. The number of fused-ring (bicyclic) bond motifs is 2. The fraction of sp³-hybridized carbons (Fsp3) is 0.167. The molecule has 104 valence electrons. The van der Waals surface area contributed by atoms with Crippen LogP contribution in [0.15, 0.2) is 65.7 Å². The third kappa shape index (κ3) is 2.38. The van der Waals surface area contributed by atoms with E-state index in [4.69, 9.17) is 0 Å². The molecule has 0 saturated heterocycles. The normalized spacial score (nSPS) is 17.4. The standard InChI is InChI=1S/C18H16N2S/c1-2-9-17-14(7-1)15(10-12-21-17)20-16-8-3-5-13-6-4-11-19-18(13)16/h1-9,11,15,20H,10,12H2. The number of pyridine rings is 1. The van der Waals surface area contributed by atoms with Gasteiger partial charge in [-0.3, -0.25) is 4.98 Å². The lowest BCUT2D eigenvalue weighted by atomic mass is 10.0. The number of benzene rings is 2. The highest BCUT2D eigenvalue weighted by Gasteiger charge is 2.20. The Morgan fingerprint density at radius 3 is 2.90 bits per heavy atom. The molecule has 1 aromatic heterocycles. The molecule has 0 aliphatic carbocycles. The van der Waals surface area contributed by atoms with E-state index in [1.54, 1.807) is 0 Å². The van der Waals surface area contributed by atoms with Crippen LogP contribution in [0, 0.1) is 0 Å². The highest BCUT2D eigenvalue weighted by molar-refractivity contribution is 7.99. The Morgan fingerprint density at radius 2 is 1.90 bits per heavy atom. The SMILES string of the molecule is c1ccc2c(c1)SCCC2Nc1cccc2cccnc12. The molecule has 3 heteroatoms. The van der Waals surface area contributed by atoms with E-state index in [2.05, 4.69) is 58.8 Å². The number of aromatic nitrogens is 1. The van der Waals surface area contributed by atoms with Gasteiger partial charge < -0.3 is 5.32 Å². The van der Waals surface area contributed by atoms with E-state index in [-0.39, 0.29) is 0 Å². The zero-order valence-corrected chi connectivity index (χ0v) is 12.4. The van der Waals surface area contributed by atoms with Crippen molar-refractivity contribution in [2.24, 2.45) is 0 Å². The van der Waals surface area contributed by atoms with Crippen molar-refractivity contribution in [2.75, 3.05) is 11.1 Å². The lowest BCUT2D eigenvalue weighted by Crippen LogP contribution is -2.16. The van der Waals surface area contributed by atoms with Crippen molar-refractivity contribution in [2.45, 2.75) is 17.4 Å². The fourth-order valence-corrected chi connectivity index (χ4v) is 4.03. The molecule has 0 bridgehead atoms. The minimum atomic E-state index is 0.370. The summed E-state index contributed by atoms with van der Waals surface area (Å²) in [5.74, 6) is 1.16. The second-order valence-corrected chi connectivity index (χ2v) is 6.39. The van der Waals surface area contributed by atoms with Gasteiger partial charge in [-0.1, -0.05) is 36.4 Å². The van der Waals surface area contributed by atoms with Gasteiger partial charge in [0.2, 0.25) is 0 Å². The zero-order chi connectivity index (χ0) is 14.1. The zero-order valence-electron chi connectivity index (χ0n) is 11.6. The highest BCUT2D eigenvalue weighted by atomic mass is 32.2. The van der Waals surface area contributed by atoms with E-state index >= 15 is 0 Å². The summed E-state index contributed by atoms with van der Waals surface area (Å²) in [6, 6.07) is 19.5. The largest absolute Gasteiger partial charge is 0.376 e. The third-order valence-electron chi connectivity index (χ3n) is 3.92. The van der Waals surface area contributed by atoms with E-state index in [0.717, 1.165) is 23.4 Å². The van der Waals surface area contributed by atoms with E-state index in [1.165, 1.54) is 15.8 Å². The molecule has 2 nitrogen and oxygen atoms in total. The summed E-state index contributed by atoms with van der Waals surface area (Å²) in [6.07, 6.45) is 3.00. The molecule has 21 heavy (non-hydrogen) atoms. The first-order chi connectivity index (χ1) is 10.4. The highest BCUT2D eigenvalue weighted by Crippen LogP contribution is 2.38. The van der Waals surface area contributed by atoms with Gasteiger partial charge in [0.05, 0.1) is 17.2 Å². The van der Waals surface area contributed by atoms with Crippen molar-refractivity contribution in [1.29, 1.82) is 0 Å². The van der Waals surface area contributed by atoms with E-state index in [0.29, 0.717) is 6.04 Å². The third-order valence-corrected chi connectivity index (χ3v) is 5.04. The van der Waals surface area contributed by atoms with Crippen LogP contribution in [0.4, 0.5) is 5.69 Å². The van der Waals surface area contributed by atoms with Crippen LogP contribution in [0.2, 0.25) is 0 Å². The summed E-state index contributed by atoms with van der Waals surface area (Å²) in [6.45, 7) is 0. The summed E-state index contributed by atoms with van der Waals surface area (Å²) in [7, 11) is 0. The predicted octanol–water partition coefficient (Wildman–Crippen LogP) is 4.88. The van der Waals surface area contributed by atoms with Gasteiger partial charge in [-0.2, -0.15) is 0 Å². The molecule has 0 spiro atoms. The Morgan fingerprint density at radius 1 is 1.00 bits per heavy atom. The number of rotatable bonds is 2. The van der Waals surface area contributed by atoms with Crippen molar-refractivity contribution in [3.8, 4) is 0 Å². The molecular formula is C18H16N2S. The van der Waals surface area contributed by atoms with Gasteiger partial charge in [-0.05, 0) is 30.2 Å². The van der Waals surface area contributed by atoms with E-state index in [1.807, 2.05) is 24.0 Å². The second-order valence-electron chi connectivity index (χ2n) is 5.25. The van der Waals surface area contributed by atoms with Gasteiger partial charge in [-0.25, -0.2) is 0 Å². The van der Waals surface area contributed by atoms with Crippen LogP contribution in [-0.2, 0) is 0 Å². The average Bonchev–Trinajstić information content (AvgIpc) is 2.56. The number of para-hydroxylation sites is 1. The van der Waals surface area contributed by atoms with Crippen molar-refractivity contribution < 1.29 is 0 Å². The molecule has 0 saturated carbocycles. The Bertz CT molecular complexity index is 780. The van der Waals surface area contributed by atoms with Crippen LogP contribution in [0.25, 0.3) is 10.9 Å². The van der Waals surface area contributed by atoms with Gasteiger partial charge >= 0.3 is 0 Å². The summed E-state index contributed by atoms with van der Waals surface area (Å²) >= 11 is 1.95. The monoisotopic (exact) mass is 292 g/mol. The lowest BCUT2D eigenvalue weighted by molar-refractivity contribution is 0.729. The minimum absolute atomic E-state index is 0.370. The van der Waals surface area contributed by atoms with Gasteiger partial charge in [0.1, 0.15) is 0 Å². The maximum atomic E-state index is 4.53. The van der Waals surface area contributed by atoms with Crippen LogP contribution in [0.3, 0.4) is 0 Å². The van der Waals surface area contributed by atoms with Gasteiger partial charge in [0.25, 0.3) is 0 Å². The topological polar surface area (TPSA) is 24.9 Å². The Kier molecular flexibility index (Phi) is 3.28. The quantitative estimate of drug-likeness (QED) is 0.728. The molecule has 3 aromatic rings.